The molecule has 2 saturated heterocycles. The van der Waals surface area contributed by atoms with E-state index in [4.69, 9.17) is 5.11 Å². The summed E-state index contributed by atoms with van der Waals surface area (Å²) in [6.07, 6.45) is 3.57. The average Bonchev–Trinajstić information content (AvgIpc) is 2.69. The van der Waals surface area contributed by atoms with E-state index in [1.807, 2.05) is 12.1 Å². The normalized spacial score (nSPS) is 21.3. The number of aliphatic hydroxyl groups excluding tert-OH is 1. The van der Waals surface area contributed by atoms with Crippen LogP contribution in [0.5, 0.6) is 0 Å². The van der Waals surface area contributed by atoms with Crippen LogP contribution >= 0.6 is 0 Å². The molecule has 3 rings (SSSR count). The predicted octanol–water partition coefficient (Wildman–Crippen LogP) is 1.70. The van der Waals surface area contributed by atoms with Crippen LogP contribution in [-0.4, -0.2) is 71.0 Å². The molecule has 0 aliphatic carbocycles. The van der Waals surface area contributed by atoms with Crippen LogP contribution in [-0.2, 0) is 17.9 Å². The fourth-order valence-corrected chi connectivity index (χ4v) is 3.85. The molecule has 1 amide bonds. The summed E-state index contributed by atoms with van der Waals surface area (Å²) < 4.78 is 0. The summed E-state index contributed by atoms with van der Waals surface area (Å²) in [6, 6.07) is 8.18. The molecule has 1 unspecified atom stereocenters. The number of benzene rings is 1. The predicted molar refractivity (Wildman–Crippen MR) is 99.1 cm³/mol. The number of rotatable bonds is 5. The van der Waals surface area contributed by atoms with E-state index in [2.05, 4.69) is 33.8 Å². The molecular weight excluding hydrogens is 314 g/mol. The Bertz CT molecular complexity index is 547. The minimum atomic E-state index is 0.00378. The summed E-state index contributed by atoms with van der Waals surface area (Å²) in [5, 5.41) is 9.12. The van der Waals surface area contributed by atoms with Crippen molar-refractivity contribution in [2.24, 2.45) is 0 Å². The van der Waals surface area contributed by atoms with Gasteiger partial charge in [0.1, 0.15) is 0 Å². The van der Waals surface area contributed by atoms with Gasteiger partial charge in [-0.1, -0.05) is 24.3 Å². The SMILES string of the molecule is CC(C(=O)N1CCCCC1)N1CCN(Cc2ccc(CO)cc2)CC1. The first kappa shape index (κ1) is 18.4. The van der Waals surface area contributed by atoms with E-state index in [0.717, 1.165) is 64.2 Å². The minimum absolute atomic E-state index is 0.00378. The maximum absolute atomic E-state index is 12.7. The lowest BCUT2D eigenvalue weighted by molar-refractivity contribution is -0.138. The Morgan fingerprint density at radius 3 is 2.16 bits per heavy atom. The number of likely N-dealkylation sites (tertiary alicyclic amines) is 1. The van der Waals surface area contributed by atoms with Gasteiger partial charge in [0.2, 0.25) is 5.91 Å². The monoisotopic (exact) mass is 345 g/mol. The van der Waals surface area contributed by atoms with E-state index < -0.39 is 0 Å². The van der Waals surface area contributed by atoms with E-state index in [0.29, 0.717) is 5.91 Å². The van der Waals surface area contributed by atoms with Crippen molar-refractivity contribution in [1.29, 1.82) is 0 Å². The van der Waals surface area contributed by atoms with Gasteiger partial charge in [0.15, 0.2) is 0 Å². The molecule has 2 aliphatic rings. The van der Waals surface area contributed by atoms with E-state index in [9.17, 15) is 4.79 Å². The van der Waals surface area contributed by atoms with Gasteiger partial charge in [-0.25, -0.2) is 0 Å². The van der Waals surface area contributed by atoms with Crippen LogP contribution in [0.2, 0.25) is 0 Å². The van der Waals surface area contributed by atoms with Crippen LogP contribution in [0.15, 0.2) is 24.3 Å². The summed E-state index contributed by atoms with van der Waals surface area (Å²) in [6.45, 7) is 8.89. The van der Waals surface area contributed by atoms with Crippen molar-refractivity contribution in [3.63, 3.8) is 0 Å². The first-order valence-corrected chi connectivity index (χ1v) is 9.61. The van der Waals surface area contributed by atoms with Crippen molar-refractivity contribution in [1.82, 2.24) is 14.7 Å². The summed E-state index contributed by atoms with van der Waals surface area (Å²) in [4.78, 5) is 19.5. The Morgan fingerprint density at radius 1 is 0.960 bits per heavy atom. The molecule has 0 aromatic heterocycles. The number of hydrogen-bond acceptors (Lipinski definition) is 4. The highest BCUT2D eigenvalue weighted by molar-refractivity contribution is 5.81. The molecule has 5 nitrogen and oxygen atoms in total. The maximum atomic E-state index is 12.7. The molecule has 0 bridgehead atoms. The van der Waals surface area contributed by atoms with E-state index >= 15 is 0 Å². The van der Waals surface area contributed by atoms with Gasteiger partial charge in [0.05, 0.1) is 12.6 Å². The minimum Gasteiger partial charge on any atom is -0.392 e. The van der Waals surface area contributed by atoms with Crippen molar-refractivity contribution in [3.05, 3.63) is 35.4 Å². The molecule has 25 heavy (non-hydrogen) atoms. The number of carbonyl (C=O) groups excluding carboxylic acids is 1. The lowest BCUT2D eigenvalue weighted by atomic mass is 10.1. The summed E-state index contributed by atoms with van der Waals surface area (Å²) in [5.74, 6) is 0.313. The zero-order chi connectivity index (χ0) is 17.6. The zero-order valence-electron chi connectivity index (χ0n) is 15.4. The van der Waals surface area contributed by atoms with Crippen LogP contribution in [0.1, 0.15) is 37.3 Å². The molecule has 0 radical (unpaired) electrons. The van der Waals surface area contributed by atoms with E-state index in [1.165, 1.54) is 12.0 Å². The number of hydrogen-bond donors (Lipinski definition) is 1. The van der Waals surface area contributed by atoms with Gasteiger partial charge in [-0.3, -0.25) is 14.6 Å². The standard InChI is InChI=1S/C20H31N3O2/c1-17(20(25)23-9-3-2-4-10-23)22-13-11-21(12-14-22)15-18-5-7-19(16-24)8-6-18/h5-8,17,24H,2-4,9-16H2,1H3. The lowest BCUT2D eigenvalue weighted by Gasteiger charge is -2.39. The van der Waals surface area contributed by atoms with Crippen molar-refractivity contribution >= 4 is 5.91 Å². The van der Waals surface area contributed by atoms with Gasteiger partial charge >= 0.3 is 0 Å². The van der Waals surface area contributed by atoms with Crippen LogP contribution in [0, 0.1) is 0 Å². The molecule has 1 aromatic carbocycles. The molecule has 1 aromatic rings. The van der Waals surface area contributed by atoms with Gasteiger partial charge < -0.3 is 10.0 Å². The van der Waals surface area contributed by atoms with Gasteiger partial charge in [0.25, 0.3) is 0 Å². The number of piperazine rings is 1. The van der Waals surface area contributed by atoms with Crippen molar-refractivity contribution in [3.8, 4) is 0 Å². The molecule has 138 valence electrons. The second kappa shape index (κ2) is 8.79. The van der Waals surface area contributed by atoms with E-state index in [1.54, 1.807) is 0 Å². The third kappa shape index (κ3) is 4.81. The largest absolute Gasteiger partial charge is 0.392 e. The van der Waals surface area contributed by atoms with Crippen LogP contribution in [0.25, 0.3) is 0 Å². The highest BCUT2D eigenvalue weighted by Gasteiger charge is 2.29. The number of nitrogens with zero attached hydrogens (tertiary/aromatic N) is 3. The summed E-state index contributed by atoms with van der Waals surface area (Å²) in [7, 11) is 0. The van der Waals surface area contributed by atoms with Gasteiger partial charge in [0, 0.05) is 45.8 Å². The van der Waals surface area contributed by atoms with Gasteiger partial charge in [-0.2, -0.15) is 0 Å². The van der Waals surface area contributed by atoms with Crippen LogP contribution in [0.4, 0.5) is 0 Å². The summed E-state index contributed by atoms with van der Waals surface area (Å²) in [5.41, 5.74) is 2.24. The summed E-state index contributed by atoms with van der Waals surface area (Å²) >= 11 is 0. The molecular formula is C20H31N3O2. The fourth-order valence-electron chi connectivity index (χ4n) is 3.85. The third-order valence-electron chi connectivity index (χ3n) is 5.59. The smallest absolute Gasteiger partial charge is 0.239 e. The fraction of sp³-hybridized carbons (Fsp3) is 0.650. The number of amides is 1. The second-order valence-corrected chi connectivity index (χ2v) is 7.35. The first-order chi connectivity index (χ1) is 12.2. The number of aliphatic hydroxyl groups is 1. The molecule has 2 heterocycles. The zero-order valence-corrected chi connectivity index (χ0v) is 15.4. The topological polar surface area (TPSA) is 47.0 Å². The van der Waals surface area contributed by atoms with Crippen molar-refractivity contribution < 1.29 is 9.90 Å². The van der Waals surface area contributed by atoms with Crippen LogP contribution in [0.3, 0.4) is 0 Å². The van der Waals surface area contributed by atoms with Crippen molar-refractivity contribution in [2.45, 2.75) is 45.4 Å². The van der Waals surface area contributed by atoms with Crippen molar-refractivity contribution in [2.75, 3.05) is 39.3 Å². The molecule has 2 fully saturated rings. The quantitative estimate of drug-likeness (QED) is 0.882. The third-order valence-corrected chi connectivity index (χ3v) is 5.59. The van der Waals surface area contributed by atoms with Crippen LogP contribution < -0.4 is 0 Å². The maximum Gasteiger partial charge on any atom is 0.239 e. The highest BCUT2D eigenvalue weighted by Crippen LogP contribution is 2.15. The highest BCUT2D eigenvalue weighted by atomic mass is 16.3. The van der Waals surface area contributed by atoms with E-state index in [-0.39, 0.29) is 12.6 Å². The second-order valence-electron chi connectivity index (χ2n) is 7.35. The molecule has 2 aliphatic heterocycles. The Balaban J connectivity index is 1.46. The average molecular weight is 345 g/mol. The molecule has 5 heteroatoms. The number of piperidine rings is 1. The molecule has 0 spiro atoms. The molecule has 1 atom stereocenters. The molecule has 1 N–H and O–H groups in total. The Kier molecular flexibility index (Phi) is 6.45. The Labute approximate surface area is 151 Å². The van der Waals surface area contributed by atoms with Gasteiger partial charge in [-0.15, -0.1) is 0 Å². The molecule has 0 saturated carbocycles. The first-order valence-electron chi connectivity index (χ1n) is 9.61. The Morgan fingerprint density at radius 2 is 1.56 bits per heavy atom. The Hall–Kier alpha value is -1.43. The van der Waals surface area contributed by atoms with Gasteiger partial charge in [-0.05, 0) is 37.3 Å². The lowest BCUT2D eigenvalue weighted by Crippen LogP contribution is -2.54. The number of carbonyl (C=O) groups is 1.